The van der Waals surface area contributed by atoms with Crippen molar-refractivity contribution >= 4 is 11.5 Å². The van der Waals surface area contributed by atoms with Crippen LogP contribution in [0.1, 0.15) is 36.0 Å². The van der Waals surface area contributed by atoms with Crippen LogP contribution in [0.15, 0.2) is 47.1 Å². The topological polar surface area (TPSA) is 88.6 Å². The lowest BCUT2D eigenvalue weighted by atomic mass is 10.1. The second-order valence-corrected chi connectivity index (χ2v) is 5.61. The van der Waals surface area contributed by atoms with E-state index in [0.29, 0.717) is 12.1 Å². The Bertz CT molecular complexity index is 696. The number of nitro groups is 1. The minimum absolute atomic E-state index is 0.0305. The lowest BCUT2D eigenvalue weighted by Crippen LogP contribution is -2.37. The molecule has 134 valence electrons. The Labute approximate surface area is 146 Å². The molecule has 0 amide bonds. The van der Waals surface area contributed by atoms with Gasteiger partial charge in [-0.25, -0.2) is 0 Å². The summed E-state index contributed by atoms with van der Waals surface area (Å²) in [5.41, 5.74) is 0.251. The Morgan fingerprint density at radius 2 is 2.04 bits per heavy atom. The number of rotatable bonds is 10. The van der Waals surface area contributed by atoms with Crippen LogP contribution in [0.2, 0.25) is 0 Å². The highest BCUT2D eigenvalue weighted by Crippen LogP contribution is 2.20. The maximum Gasteiger partial charge on any atom is 0.270 e. The van der Waals surface area contributed by atoms with E-state index >= 15 is 0 Å². The van der Waals surface area contributed by atoms with E-state index in [0.717, 1.165) is 18.8 Å². The molecular weight excluding hydrogens is 322 g/mol. The number of likely N-dealkylation sites (N-methyl/N-ethyl adjacent to an activating group) is 1. The van der Waals surface area contributed by atoms with Gasteiger partial charge in [0.2, 0.25) is 0 Å². The zero-order chi connectivity index (χ0) is 18.2. The molecular formula is C18H23N3O4. The summed E-state index contributed by atoms with van der Waals surface area (Å²) in [7, 11) is 0. The first kappa shape index (κ1) is 18.8. The quantitative estimate of drug-likeness (QED) is 0.404. The first-order chi connectivity index (χ1) is 12.1. The number of nitrogens with zero attached hydrogens (tertiary/aromatic N) is 2. The van der Waals surface area contributed by atoms with E-state index in [4.69, 9.17) is 4.42 Å². The molecule has 0 saturated carbocycles. The number of hydrogen-bond acceptors (Lipinski definition) is 6. The van der Waals surface area contributed by atoms with Crippen LogP contribution in [0.5, 0.6) is 0 Å². The molecule has 1 aromatic carbocycles. The minimum Gasteiger partial charge on any atom is -0.468 e. The Kier molecular flexibility index (Phi) is 6.85. The molecule has 2 aromatic rings. The van der Waals surface area contributed by atoms with Crippen molar-refractivity contribution in [2.45, 2.75) is 19.9 Å². The van der Waals surface area contributed by atoms with E-state index in [1.807, 2.05) is 12.1 Å². The smallest absolute Gasteiger partial charge is 0.270 e. The summed E-state index contributed by atoms with van der Waals surface area (Å²) < 4.78 is 5.52. The molecule has 1 atom stereocenters. The summed E-state index contributed by atoms with van der Waals surface area (Å²) in [6, 6.07) is 9.59. The molecule has 7 nitrogen and oxygen atoms in total. The molecule has 0 saturated heterocycles. The molecule has 0 bridgehead atoms. The number of carbonyl (C=O) groups is 1. The SMILES string of the molecule is CCN(CC)C(CNCC(=O)c1cccc([N+](=O)[O-])c1)c1ccco1. The second-order valence-electron chi connectivity index (χ2n) is 5.61. The average Bonchev–Trinajstić information content (AvgIpc) is 3.15. The molecule has 1 heterocycles. The highest BCUT2D eigenvalue weighted by Gasteiger charge is 2.20. The zero-order valence-corrected chi connectivity index (χ0v) is 14.5. The lowest BCUT2D eigenvalue weighted by Gasteiger charge is -2.28. The number of furan rings is 1. The number of nitro benzene ring substituents is 1. The molecule has 25 heavy (non-hydrogen) atoms. The van der Waals surface area contributed by atoms with Gasteiger partial charge < -0.3 is 9.73 Å². The molecule has 0 aliphatic carbocycles. The summed E-state index contributed by atoms with van der Waals surface area (Å²) >= 11 is 0. The van der Waals surface area contributed by atoms with Gasteiger partial charge in [-0.2, -0.15) is 0 Å². The third-order valence-electron chi connectivity index (χ3n) is 4.13. The van der Waals surface area contributed by atoms with Gasteiger partial charge in [-0.3, -0.25) is 19.8 Å². The molecule has 0 aliphatic rings. The summed E-state index contributed by atoms with van der Waals surface area (Å²) in [6.07, 6.45) is 1.64. The van der Waals surface area contributed by atoms with Gasteiger partial charge in [-0.05, 0) is 25.2 Å². The molecule has 2 rings (SSSR count). The number of Topliss-reactive ketones (excluding diaryl/α,β-unsaturated/α-hetero) is 1. The van der Waals surface area contributed by atoms with E-state index in [1.165, 1.54) is 18.2 Å². The van der Waals surface area contributed by atoms with Crippen LogP contribution in [0.4, 0.5) is 5.69 Å². The van der Waals surface area contributed by atoms with Crippen molar-refractivity contribution < 1.29 is 14.1 Å². The summed E-state index contributed by atoms with van der Waals surface area (Å²) in [5.74, 6) is 0.667. The number of benzene rings is 1. The van der Waals surface area contributed by atoms with Crippen molar-refractivity contribution in [3.05, 3.63) is 64.1 Å². The number of hydrogen-bond donors (Lipinski definition) is 1. The van der Waals surface area contributed by atoms with Crippen LogP contribution >= 0.6 is 0 Å². The molecule has 7 heteroatoms. The van der Waals surface area contributed by atoms with Crippen molar-refractivity contribution in [3.63, 3.8) is 0 Å². The van der Waals surface area contributed by atoms with Crippen molar-refractivity contribution in [1.82, 2.24) is 10.2 Å². The number of carbonyl (C=O) groups excluding carboxylic acids is 1. The van der Waals surface area contributed by atoms with E-state index < -0.39 is 4.92 Å². The largest absolute Gasteiger partial charge is 0.468 e. The highest BCUT2D eigenvalue weighted by atomic mass is 16.6. The third kappa shape index (κ3) is 4.98. The van der Waals surface area contributed by atoms with E-state index in [2.05, 4.69) is 24.1 Å². The Balaban J connectivity index is 1.98. The van der Waals surface area contributed by atoms with Gasteiger partial charge in [0.15, 0.2) is 5.78 Å². The molecule has 0 radical (unpaired) electrons. The molecule has 0 aliphatic heterocycles. The Morgan fingerprint density at radius 3 is 2.64 bits per heavy atom. The van der Waals surface area contributed by atoms with Gasteiger partial charge in [0.1, 0.15) is 5.76 Å². The van der Waals surface area contributed by atoms with E-state index in [1.54, 1.807) is 12.3 Å². The molecule has 1 N–H and O–H groups in total. The summed E-state index contributed by atoms with van der Waals surface area (Å²) in [4.78, 5) is 24.8. The molecule has 0 fully saturated rings. The van der Waals surface area contributed by atoms with Crippen molar-refractivity contribution in [2.75, 3.05) is 26.2 Å². The molecule has 1 unspecified atom stereocenters. The van der Waals surface area contributed by atoms with Gasteiger partial charge in [-0.15, -0.1) is 0 Å². The summed E-state index contributed by atoms with van der Waals surface area (Å²) in [6.45, 7) is 6.54. The first-order valence-electron chi connectivity index (χ1n) is 8.32. The van der Waals surface area contributed by atoms with E-state index in [9.17, 15) is 14.9 Å². The highest BCUT2D eigenvalue weighted by molar-refractivity contribution is 5.98. The number of ketones is 1. The normalized spacial score (nSPS) is 12.3. The molecule has 0 spiro atoms. The fourth-order valence-electron chi connectivity index (χ4n) is 2.77. The maximum atomic E-state index is 12.3. The Morgan fingerprint density at radius 1 is 1.28 bits per heavy atom. The maximum absolute atomic E-state index is 12.3. The third-order valence-corrected chi connectivity index (χ3v) is 4.13. The summed E-state index contributed by atoms with van der Waals surface area (Å²) in [5, 5.41) is 14.0. The fraction of sp³-hybridized carbons (Fsp3) is 0.389. The van der Waals surface area contributed by atoms with Gasteiger partial charge >= 0.3 is 0 Å². The zero-order valence-electron chi connectivity index (χ0n) is 14.5. The van der Waals surface area contributed by atoms with Crippen molar-refractivity contribution in [1.29, 1.82) is 0 Å². The van der Waals surface area contributed by atoms with Crippen LogP contribution in [0, 0.1) is 10.1 Å². The fourth-order valence-corrected chi connectivity index (χ4v) is 2.77. The van der Waals surface area contributed by atoms with Gasteiger partial charge in [0, 0.05) is 24.2 Å². The monoisotopic (exact) mass is 345 g/mol. The number of nitrogens with one attached hydrogen (secondary N) is 1. The number of non-ortho nitro benzene ring substituents is 1. The van der Waals surface area contributed by atoms with Gasteiger partial charge in [-0.1, -0.05) is 26.0 Å². The predicted octanol–water partition coefficient (Wildman–Crippen LogP) is 3.04. The standard InChI is InChI=1S/C18H23N3O4/c1-3-20(4-2)16(18-9-6-10-25-18)12-19-13-17(22)14-7-5-8-15(11-14)21(23)24/h5-11,16,19H,3-4,12-13H2,1-2H3. The second kappa shape index (κ2) is 9.10. The van der Waals surface area contributed by atoms with Crippen molar-refractivity contribution in [3.8, 4) is 0 Å². The lowest BCUT2D eigenvalue weighted by molar-refractivity contribution is -0.384. The first-order valence-corrected chi connectivity index (χ1v) is 8.32. The van der Waals surface area contributed by atoms with Gasteiger partial charge in [0.25, 0.3) is 5.69 Å². The Hall–Kier alpha value is -2.51. The van der Waals surface area contributed by atoms with Crippen LogP contribution in [0.3, 0.4) is 0 Å². The minimum atomic E-state index is -0.502. The van der Waals surface area contributed by atoms with E-state index in [-0.39, 0.29) is 24.1 Å². The van der Waals surface area contributed by atoms with Crippen LogP contribution in [-0.2, 0) is 0 Å². The van der Waals surface area contributed by atoms with Crippen LogP contribution in [0.25, 0.3) is 0 Å². The molecule has 1 aromatic heterocycles. The van der Waals surface area contributed by atoms with Gasteiger partial charge in [0.05, 0.1) is 23.8 Å². The predicted molar refractivity (Wildman–Crippen MR) is 94.7 cm³/mol. The van der Waals surface area contributed by atoms with Crippen LogP contribution in [-0.4, -0.2) is 41.8 Å². The van der Waals surface area contributed by atoms with Crippen molar-refractivity contribution in [2.24, 2.45) is 0 Å². The van der Waals surface area contributed by atoms with Crippen LogP contribution < -0.4 is 5.32 Å². The average molecular weight is 345 g/mol.